The number of benzene rings is 1. The zero-order valence-electron chi connectivity index (χ0n) is 16.6. The van der Waals surface area contributed by atoms with E-state index in [1.54, 1.807) is 0 Å². The molecule has 5 nitrogen and oxygen atoms in total. The summed E-state index contributed by atoms with van der Waals surface area (Å²) in [6, 6.07) is 8.47. The molecule has 3 rings (SSSR count). The number of halogens is 1. The van der Waals surface area contributed by atoms with Gasteiger partial charge >= 0.3 is 0 Å². The van der Waals surface area contributed by atoms with Crippen LogP contribution in [0.25, 0.3) is 10.9 Å². The number of likely N-dealkylation sites (tertiary alicyclic amines) is 1. The molecule has 1 aromatic carbocycles. The summed E-state index contributed by atoms with van der Waals surface area (Å²) in [7, 11) is 1.85. The number of piperidine rings is 1. The fourth-order valence-electron chi connectivity index (χ4n) is 3.86. The van der Waals surface area contributed by atoms with Crippen molar-refractivity contribution >= 4 is 40.8 Å². The third kappa shape index (κ3) is 6.38. The molecule has 0 spiro atoms. The van der Waals surface area contributed by atoms with Crippen LogP contribution in [0.1, 0.15) is 31.7 Å². The number of nitrogens with one attached hydrogen (secondary N) is 3. The highest BCUT2D eigenvalue weighted by Gasteiger charge is 2.17. The second-order valence-corrected chi connectivity index (χ2v) is 7.20. The van der Waals surface area contributed by atoms with Gasteiger partial charge in [-0.2, -0.15) is 0 Å². The number of hydrogen-bond acceptors (Lipinski definition) is 2. The summed E-state index contributed by atoms with van der Waals surface area (Å²) >= 11 is 0. The SMILES string of the molecule is CCN1CCC(CCNC(=NC)NCCc2c[nH]c3ccccc23)CC1.I. The number of fused-ring (bicyclic) bond motifs is 1. The first-order chi connectivity index (χ1) is 12.8. The van der Waals surface area contributed by atoms with Crippen molar-refractivity contribution in [2.24, 2.45) is 10.9 Å². The van der Waals surface area contributed by atoms with Crippen LogP contribution in [-0.2, 0) is 6.42 Å². The van der Waals surface area contributed by atoms with E-state index in [-0.39, 0.29) is 24.0 Å². The van der Waals surface area contributed by atoms with E-state index in [0.29, 0.717) is 0 Å². The van der Waals surface area contributed by atoms with E-state index in [1.165, 1.54) is 55.4 Å². The second-order valence-electron chi connectivity index (χ2n) is 7.20. The largest absolute Gasteiger partial charge is 0.361 e. The molecule has 0 radical (unpaired) electrons. The van der Waals surface area contributed by atoms with Crippen molar-refractivity contribution in [1.29, 1.82) is 0 Å². The van der Waals surface area contributed by atoms with Gasteiger partial charge in [0.15, 0.2) is 5.96 Å². The standard InChI is InChI=1S/C21H33N5.HI/c1-3-26-14-10-17(11-15-26)8-12-23-21(22-2)24-13-9-18-16-25-20-7-5-4-6-19(18)20;/h4-7,16-17,25H,3,8-15H2,1-2H3,(H2,22,23,24);1H. The normalized spacial score (nSPS) is 16.3. The molecule has 1 aromatic heterocycles. The minimum Gasteiger partial charge on any atom is -0.361 e. The fourth-order valence-corrected chi connectivity index (χ4v) is 3.86. The quantitative estimate of drug-likeness (QED) is 0.321. The van der Waals surface area contributed by atoms with Gasteiger partial charge in [-0.3, -0.25) is 4.99 Å². The maximum Gasteiger partial charge on any atom is 0.190 e. The van der Waals surface area contributed by atoms with Crippen LogP contribution in [0.2, 0.25) is 0 Å². The number of aromatic amines is 1. The van der Waals surface area contributed by atoms with Crippen molar-refractivity contribution in [3.05, 3.63) is 36.0 Å². The molecular weight excluding hydrogens is 449 g/mol. The molecule has 1 fully saturated rings. The lowest BCUT2D eigenvalue weighted by Gasteiger charge is -2.31. The van der Waals surface area contributed by atoms with Crippen LogP contribution >= 0.6 is 24.0 Å². The fraction of sp³-hybridized carbons (Fsp3) is 0.571. The van der Waals surface area contributed by atoms with Gasteiger partial charge in [0, 0.05) is 37.2 Å². The smallest absolute Gasteiger partial charge is 0.190 e. The lowest BCUT2D eigenvalue weighted by Crippen LogP contribution is -2.40. The zero-order valence-corrected chi connectivity index (χ0v) is 19.0. The zero-order chi connectivity index (χ0) is 18.2. The molecule has 0 amide bonds. The number of nitrogens with zero attached hydrogens (tertiary/aromatic N) is 2. The lowest BCUT2D eigenvalue weighted by atomic mass is 9.93. The van der Waals surface area contributed by atoms with Gasteiger partial charge in [0.2, 0.25) is 0 Å². The summed E-state index contributed by atoms with van der Waals surface area (Å²) in [5.41, 5.74) is 2.56. The molecule has 0 bridgehead atoms. The molecule has 2 heterocycles. The Kier molecular flexibility index (Phi) is 9.41. The molecule has 0 atom stereocenters. The Morgan fingerprint density at radius 2 is 1.93 bits per heavy atom. The number of hydrogen-bond donors (Lipinski definition) is 3. The van der Waals surface area contributed by atoms with Crippen molar-refractivity contribution < 1.29 is 0 Å². The highest BCUT2D eigenvalue weighted by Crippen LogP contribution is 2.19. The molecule has 0 aliphatic carbocycles. The van der Waals surface area contributed by atoms with E-state index in [2.05, 4.69) is 62.9 Å². The van der Waals surface area contributed by atoms with Crippen LogP contribution in [0.15, 0.2) is 35.5 Å². The number of H-pyrrole nitrogens is 1. The lowest BCUT2D eigenvalue weighted by molar-refractivity contribution is 0.187. The van der Waals surface area contributed by atoms with Crippen molar-refractivity contribution in [3.8, 4) is 0 Å². The Morgan fingerprint density at radius 1 is 1.19 bits per heavy atom. The molecule has 3 N–H and O–H groups in total. The molecular formula is C21H34IN5. The maximum atomic E-state index is 4.36. The first-order valence-electron chi connectivity index (χ1n) is 10.0. The van der Waals surface area contributed by atoms with Crippen molar-refractivity contribution in [3.63, 3.8) is 0 Å². The Morgan fingerprint density at radius 3 is 2.67 bits per heavy atom. The summed E-state index contributed by atoms with van der Waals surface area (Å²) in [6.45, 7) is 7.86. The van der Waals surface area contributed by atoms with E-state index < -0.39 is 0 Å². The first kappa shape index (κ1) is 22.0. The maximum absolute atomic E-state index is 4.36. The predicted octanol–water partition coefficient (Wildman–Crippen LogP) is 3.62. The van der Waals surface area contributed by atoms with Gasteiger partial charge in [0.05, 0.1) is 0 Å². The van der Waals surface area contributed by atoms with E-state index >= 15 is 0 Å². The average molecular weight is 483 g/mol. The summed E-state index contributed by atoms with van der Waals surface area (Å²) in [6.07, 6.45) is 7.01. The van der Waals surface area contributed by atoms with E-state index in [0.717, 1.165) is 31.4 Å². The van der Waals surface area contributed by atoms with Crippen molar-refractivity contribution in [2.75, 3.05) is 39.8 Å². The molecule has 27 heavy (non-hydrogen) atoms. The number of aromatic nitrogens is 1. The van der Waals surface area contributed by atoms with Crippen LogP contribution in [0.3, 0.4) is 0 Å². The summed E-state index contributed by atoms with van der Waals surface area (Å²) < 4.78 is 0. The molecule has 6 heteroatoms. The van der Waals surface area contributed by atoms with Crippen LogP contribution in [-0.4, -0.2) is 55.6 Å². The monoisotopic (exact) mass is 483 g/mol. The summed E-state index contributed by atoms with van der Waals surface area (Å²) in [4.78, 5) is 10.2. The van der Waals surface area contributed by atoms with Gasteiger partial charge in [-0.25, -0.2) is 0 Å². The minimum absolute atomic E-state index is 0. The van der Waals surface area contributed by atoms with Crippen molar-refractivity contribution in [2.45, 2.75) is 32.6 Å². The third-order valence-corrected chi connectivity index (χ3v) is 5.58. The van der Waals surface area contributed by atoms with Crippen LogP contribution in [0, 0.1) is 5.92 Å². The predicted molar refractivity (Wildman–Crippen MR) is 126 cm³/mol. The number of guanidine groups is 1. The topological polar surface area (TPSA) is 55.4 Å². The Bertz CT molecular complexity index is 703. The van der Waals surface area contributed by atoms with Gasteiger partial charge in [-0.05, 0) is 62.9 Å². The highest BCUT2D eigenvalue weighted by molar-refractivity contribution is 14.0. The van der Waals surface area contributed by atoms with Gasteiger partial charge in [0.1, 0.15) is 0 Å². The number of aliphatic imine (C=N–C) groups is 1. The van der Waals surface area contributed by atoms with Gasteiger partial charge in [0.25, 0.3) is 0 Å². The van der Waals surface area contributed by atoms with E-state index in [9.17, 15) is 0 Å². The number of para-hydroxylation sites is 1. The Hall–Kier alpha value is -1.28. The van der Waals surface area contributed by atoms with Gasteiger partial charge in [-0.1, -0.05) is 25.1 Å². The van der Waals surface area contributed by atoms with E-state index in [4.69, 9.17) is 0 Å². The molecule has 0 saturated carbocycles. The van der Waals surface area contributed by atoms with E-state index in [1.807, 2.05) is 7.05 Å². The second kappa shape index (κ2) is 11.5. The highest BCUT2D eigenvalue weighted by atomic mass is 127. The first-order valence-corrected chi connectivity index (χ1v) is 10.0. The van der Waals surface area contributed by atoms with Crippen LogP contribution in [0.5, 0.6) is 0 Å². The molecule has 1 saturated heterocycles. The minimum atomic E-state index is 0. The third-order valence-electron chi connectivity index (χ3n) is 5.58. The molecule has 1 aliphatic heterocycles. The van der Waals surface area contributed by atoms with Crippen LogP contribution in [0.4, 0.5) is 0 Å². The Balaban J connectivity index is 0.00000261. The van der Waals surface area contributed by atoms with Gasteiger partial charge < -0.3 is 20.5 Å². The van der Waals surface area contributed by atoms with Gasteiger partial charge in [-0.15, -0.1) is 24.0 Å². The molecule has 150 valence electrons. The summed E-state index contributed by atoms with van der Waals surface area (Å²) in [5.74, 6) is 1.77. The average Bonchev–Trinajstić information content (AvgIpc) is 3.10. The summed E-state index contributed by atoms with van der Waals surface area (Å²) in [5, 5.41) is 8.24. The van der Waals surface area contributed by atoms with Crippen LogP contribution < -0.4 is 10.6 Å². The van der Waals surface area contributed by atoms with Crippen molar-refractivity contribution in [1.82, 2.24) is 20.5 Å². The molecule has 1 aliphatic rings. The molecule has 0 unspecified atom stereocenters. The number of rotatable bonds is 7. The molecule has 2 aromatic rings. The Labute approximate surface area is 180 Å².